The van der Waals surface area contributed by atoms with Crippen LogP contribution in [-0.2, 0) is 11.3 Å². The molecule has 1 rings (SSSR count). The molecule has 0 bridgehead atoms. The largest absolute Gasteiger partial charge is 0.493 e. The number of hydrogen-bond donors (Lipinski definition) is 1. The molecule has 0 saturated carbocycles. The maximum Gasteiger partial charge on any atom is 0.123 e. The summed E-state index contributed by atoms with van der Waals surface area (Å²) in [6, 6.07) is 6.16. The average molecular weight is 344 g/mol. The lowest BCUT2D eigenvalue weighted by molar-refractivity contribution is 0.184. The second kappa shape index (κ2) is 8.65. The molecule has 1 N–H and O–H groups in total. The first-order valence-electron chi connectivity index (χ1n) is 7.07. The second-order valence-corrected chi connectivity index (χ2v) is 6.82. The third kappa shape index (κ3) is 7.27. The topological polar surface area (TPSA) is 30.5 Å². The zero-order valence-electron chi connectivity index (χ0n) is 13.0. The van der Waals surface area contributed by atoms with Crippen LogP contribution in [0.2, 0.25) is 0 Å². The lowest BCUT2D eigenvalue weighted by Gasteiger charge is -2.22. The van der Waals surface area contributed by atoms with Crippen LogP contribution < -0.4 is 10.1 Å². The molecule has 20 heavy (non-hydrogen) atoms. The minimum Gasteiger partial charge on any atom is -0.493 e. The zero-order valence-corrected chi connectivity index (χ0v) is 14.5. The van der Waals surface area contributed by atoms with E-state index in [9.17, 15) is 0 Å². The van der Waals surface area contributed by atoms with Gasteiger partial charge in [-0.1, -0.05) is 15.9 Å². The SMILES string of the molecule is COCCCCOc1ccc(Br)cc1CNC(C)(C)C. The number of nitrogens with one attached hydrogen (secondary N) is 1. The molecule has 1 aromatic rings. The van der Waals surface area contributed by atoms with Crippen LogP contribution in [0, 0.1) is 0 Å². The van der Waals surface area contributed by atoms with E-state index in [1.54, 1.807) is 7.11 Å². The van der Waals surface area contributed by atoms with Gasteiger partial charge in [0.05, 0.1) is 6.61 Å². The molecule has 0 fully saturated rings. The van der Waals surface area contributed by atoms with Gasteiger partial charge >= 0.3 is 0 Å². The quantitative estimate of drug-likeness (QED) is 0.719. The van der Waals surface area contributed by atoms with Crippen LogP contribution in [-0.4, -0.2) is 25.9 Å². The summed E-state index contributed by atoms with van der Waals surface area (Å²) in [6.07, 6.45) is 2.04. The van der Waals surface area contributed by atoms with Gasteiger partial charge in [-0.05, 0) is 51.8 Å². The van der Waals surface area contributed by atoms with Crippen molar-refractivity contribution < 1.29 is 9.47 Å². The first-order chi connectivity index (χ1) is 9.42. The highest BCUT2D eigenvalue weighted by molar-refractivity contribution is 9.10. The fourth-order valence-electron chi connectivity index (χ4n) is 1.72. The second-order valence-electron chi connectivity index (χ2n) is 5.90. The Morgan fingerprint density at radius 3 is 2.50 bits per heavy atom. The van der Waals surface area contributed by atoms with Crippen molar-refractivity contribution in [2.45, 2.75) is 45.7 Å². The molecule has 0 aliphatic heterocycles. The summed E-state index contributed by atoms with van der Waals surface area (Å²) in [6.45, 7) is 8.81. The lowest BCUT2D eigenvalue weighted by atomic mass is 10.1. The predicted molar refractivity (Wildman–Crippen MR) is 87.3 cm³/mol. The maximum atomic E-state index is 5.89. The molecule has 0 amide bonds. The van der Waals surface area contributed by atoms with E-state index in [1.807, 2.05) is 12.1 Å². The summed E-state index contributed by atoms with van der Waals surface area (Å²) in [5.74, 6) is 0.961. The van der Waals surface area contributed by atoms with Crippen molar-refractivity contribution in [1.29, 1.82) is 0 Å². The lowest BCUT2D eigenvalue weighted by Crippen LogP contribution is -2.35. The Morgan fingerprint density at radius 1 is 1.15 bits per heavy atom. The normalized spacial score (nSPS) is 11.7. The summed E-state index contributed by atoms with van der Waals surface area (Å²) < 4.78 is 12.0. The number of halogens is 1. The van der Waals surface area contributed by atoms with E-state index < -0.39 is 0 Å². The molecule has 0 atom stereocenters. The van der Waals surface area contributed by atoms with Crippen molar-refractivity contribution in [2.24, 2.45) is 0 Å². The van der Waals surface area contributed by atoms with Gasteiger partial charge in [-0.15, -0.1) is 0 Å². The Morgan fingerprint density at radius 2 is 1.85 bits per heavy atom. The number of unbranched alkanes of at least 4 members (excludes halogenated alkanes) is 1. The molecule has 0 aromatic heterocycles. The zero-order chi connectivity index (χ0) is 15.0. The summed E-state index contributed by atoms with van der Waals surface area (Å²) >= 11 is 3.52. The van der Waals surface area contributed by atoms with Crippen LogP contribution in [0.4, 0.5) is 0 Å². The van der Waals surface area contributed by atoms with Gasteiger partial charge in [0.1, 0.15) is 5.75 Å². The summed E-state index contributed by atoms with van der Waals surface area (Å²) in [7, 11) is 1.73. The Labute approximate surface area is 131 Å². The van der Waals surface area contributed by atoms with Crippen LogP contribution in [0.5, 0.6) is 5.75 Å². The highest BCUT2D eigenvalue weighted by Crippen LogP contribution is 2.24. The summed E-state index contributed by atoms with van der Waals surface area (Å²) in [4.78, 5) is 0. The molecule has 0 aliphatic carbocycles. The Balaban J connectivity index is 2.56. The van der Waals surface area contributed by atoms with E-state index >= 15 is 0 Å². The predicted octanol–water partition coefficient (Wildman–Crippen LogP) is 4.14. The van der Waals surface area contributed by atoms with Gasteiger partial charge in [0, 0.05) is 35.8 Å². The van der Waals surface area contributed by atoms with E-state index in [1.165, 1.54) is 5.56 Å². The minimum atomic E-state index is 0.0953. The van der Waals surface area contributed by atoms with Crippen molar-refractivity contribution in [1.82, 2.24) is 5.32 Å². The van der Waals surface area contributed by atoms with Crippen LogP contribution in [0.15, 0.2) is 22.7 Å². The number of hydrogen-bond acceptors (Lipinski definition) is 3. The first-order valence-corrected chi connectivity index (χ1v) is 7.87. The average Bonchev–Trinajstić information content (AvgIpc) is 2.37. The van der Waals surface area contributed by atoms with E-state index in [4.69, 9.17) is 9.47 Å². The molecule has 0 spiro atoms. The fraction of sp³-hybridized carbons (Fsp3) is 0.625. The van der Waals surface area contributed by atoms with Gasteiger partial charge in [-0.3, -0.25) is 0 Å². The van der Waals surface area contributed by atoms with E-state index in [-0.39, 0.29) is 5.54 Å². The number of ether oxygens (including phenoxy) is 2. The molecule has 0 saturated heterocycles. The van der Waals surface area contributed by atoms with Gasteiger partial charge in [0.15, 0.2) is 0 Å². The summed E-state index contributed by atoms with van der Waals surface area (Å²) in [5.41, 5.74) is 1.28. The third-order valence-corrected chi connectivity index (χ3v) is 3.33. The van der Waals surface area contributed by atoms with E-state index in [0.29, 0.717) is 0 Å². The van der Waals surface area contributed by atoms with Crippen molar-refractivity contribution in [3.05, 3.63) is 28.2 Å². The Bertz CT molecular complexity index is 402. The first kappa shape index (κ1) is 17.5. The van der Waals surface area contributed by atoms with Gasteiger partial charge in [0.25, 0.3) is 0 Å². The highest BCUT2D eigenvalue weighted by Gasteiger charge is 2.11. The molecule has 0 radical (unpaired) electrons. The minimum absolute atomic E-state index is 0.0953. The van der Waals surface area contributed by atoms with Gasteiger partial charge in [-0.2, -0.15) is 0 Å². The molecule has 3 nitrogen and oxygen atoms in total. The van der Waals surface area contributed by atoms with Crippen molar-refractivity contribution in [3.63, 3.8) is 0 Å². The molecule has 0 heterocycles. The smallest absolute Gasteiger partial charge is 0.123 e. The Hall–Kier alpha value is -0.580. The summed E-state index contributed by atoms with van der Waals surface area (Å²) in [5, 5.41) is 3.50. The van der Waals surface area contributed by atoms with Gasteiger partial charge in [0.2, 0.25) is 0 Å². The molecular weight excluding hydrogens is 318 g/mol. The van der Waals surface area contributed by atoms with Crippen LogP contribution in [0.1, 0.15) is 39.2 Å². The van der Waals surface area contributed by atoms with Crippen molar-refractivity contribution in [2.75, 3.05) is 20.3 Å². The third-order valence-electron chi connectivity index (χ3n) is 2.83. The Kier molecular flexibility index (Phi) is 7.56. The highest BCUT2D eigenvalue weighted by atomic mass is 79.9. The number of benzene rings is 1. The molecule has 1 aromatic carbocycles. The molecular formula is C16H26BrNO2. The molecule has 4 heteroatoms. The van der Waals surface area contributed by atoms with Gasteiger partial charge in [-0.25, -0.2) is 0 Å². The monoisotopic (exact) mass is 343 g/mol. The molecule has 114 valence electrons. The van der Waals surface area contributed by atoms with E-state index in [0.717, 1.165) is 42.8 Å². The van der Waals surface area contributed by atoms with Crippen LogP contribution in [0.3, 0.4) is 0 Å². The van der Waals surface area contributed by atoms with Crippen LogP contribution >= 0.6 is 15.9 Å². The number of methoxy groups -OCH3 is 1. The van der Waals surface area contributed by atoms with E-state index in [2.05, 4.69) is 48.1 Å². The maximum absolute atomic E-state index is 5.89. The number of rotatable bonds is 8. The van der Waals surface area contributed by atoms with Crippen molar-refractivity contribution in [3.8, 4) is 5.75 Å². The van der Waals surface area contributed by atoms with Gasteiger partial charge < -0.3 is 14.8 Å². The molecule has 0 unspecified atom stereocenters. The van der Waals surface area contributed by atoms with Crippen LogP contribution in [0.25, 0.3) is 0 Å². The standard InChI is InChI=1S/C16H26BrNO2/c1-16(2,3)18-12-13-11-14(17)7-8-15(13)20-10-6-5-9-19-4/h7-8,11,18H,5-6,9-10,12H2,1-4H3. The fourth-order valence-corrected chi connectivity index (χ4v) is 2.13. The molecule has 0 aliphatic rings. The van der Waals surface area contributed by atoms with Crippen molar-refractivity contribution >= 4 is 15.9 Å².